The van der Waals surface area contributed by atoms with Crippen molar-refractivity contribution in [1.29, 1.82) is 0 Å². The van der Waals surface area contributed by atoms with Crippen LogP contribution in [0.4, 0.5) is 0 Å². The monoisotopic (exact) mass is 405 g/mol. The highest BCUT2D eigenvalue weighted by atomic mass is 35.5. The number of carbonyl (C=O) groups excluding carboxylic acids is 1. The molecule has 1 amide bonds. The van der Waals surface area contributed by atoms with Gasteiger partial charge in [0, 0.05) is 24.0 Å². The summed E-state index contributed by atoms with van der Waals surface area (Å²) >= 11 is 1.51. The van der Waals surface area contributed by atoms with E-state index in [1.54, 1.807) is 0 Å². The van der Waals surface area contributed by atoms with Gasteiger partial charge >= 0.3 is 0 Å². The fourth-order valence-electron chi connectivity index (χ4n) is 3.12. The molecule has 3 rings (SSSR count). The maximum absolute atomic E-state index is 12.6. The van der Waals surface area contributed by atoms with Crippen LogP contribution in [0, 0.1) is 6.92 Å². The first-order chi connectivity index (χ1) is 11.0. The van der Waals surface area contributed by atoms with Crippen molar-refractivity contribution in [3.05, 3.63) is 29.0 Å². The number of carbonyl (C=O) groups is 1. The summed E-state index contributed by atoms with van der Waals surface area (Å²) in [7, 11) is 0. The van der Waals surface area contributed by atoms with Crippen LogP contribution in [0.5, 0.6) is 0 Å². The van der Waals surface area contributed by atoms with Gasteiger partial charge in [0.25, 0.3) is 0 Å². The highest BCUT2D eigenvalue weighted by Gasteiger charge is 2.29. The minimum absolute atomic E-state index is 0. The first-order valence-corrected chi connectivity index (χ1v) is 8.99. The summed E-state index contributed by atoms with van der Waals surface area (Å²) in [5.41, 5.74) is 6.86. The van der Waals surface area contributed by atoms with Gasteiger partial charge < -0.3 is 15.1 Å². The van der Waals surface area contributed by atoms with E-state index in [9.17, 15) is 4.79 Å². The molecule has 0 spiro atoms. The Kier molecular flexibility index (Phi) is 8.41. The van der Waals surface area contributed by atoms with Crippen molar-refractivity contribution in [2.24, 2.45) is 5.73 Å². The molecule has 1 saturated heterocycles. The second-order valence-corrected chi connectivity index (χ2v) is 7.10. The maximum atomic E-state index is 12.6. The lowest BCUT2D eigenvalue weighted by Gasteiger charge is -2.38. The van der Waals surface area contributed by atoms with Crippen LogP contribution >= 0.6 is 36.2 Å². The van der Waals surface area contributed by atoms with Crippen molar-refractivity contribution < 1.29 is 9.21 Å². The average Bonchev–Trinajstić information content (AvgIpc) is 3.16. The Labute approximate surface area is 164 Å². The molecule has 0 radical (unpaired) electrons. The van der Waals surface area contributed by atoms with Crippen LogP contribution in [0.2, 0.25) is 0 Å². The summed E-state index contributed by atoms with van der Waals surface area (Å²) in [6.07, 6.45) is 3.54. The molecule has 0 saturated carbocycles. The van der Waals surface area contributed by atoms with E-state index in [4.69, 9.17) is 10.2 Å². The summed E-state index contributed by atoms with van der Waals surface area (Å²) in [5, 5.41) is 2.76. The zero-order valence-corrected chi connectivity index (χ0v) is 16.9. The Morgan fingerprint density at radius 2 is 2.20 bits per heavy atom. The second-order valence-electron chi connectivity index (χ2n) is 6.24. The number of aryl methyl sites for hydroxylation is 1. The third kappa shape index (κ3) is 5.20. The van der Waals surface area contributed by atoms with E-state index in [0.717, 1.165) is 48.0 Å². The normalized spacial score (nSPS) is 18.2. The van der Waals surface area contributed by atoms with Gasteiger partial charge in [0.1, 0.15) is 5.76 Å². The van der Waals surface area contributed by atoms with Gasteiger partial charge in [0.15, 0.2) is 10.8 Å². The summed E-state index contributed by atoms with van der Waals surface area (Å²) in [5.74, 6) is 1.75. The number of halogens is 2. The number of hydrogen-bond acceptors (Lipinski definition) is 5. The molecule has 1 aliphatic rings. The minimum Gasteiger partial charge on any atom is -0.459 e. The smallest absolute Gasteiger partial charge is 0.228 e. The third-order valence-electron chi connectivity index (χ3n) is 4.31. The minimum atomic E-state index is 0. The molecule has 2 aromatic heterocycles. The van der Waals surface area contributed by atoms with Crippen LogP contribution in [0.3, 0.4) is 0 Å². The van der Waals surface area contributed by atoms with Gasteiger partial charge in [-0.1, -0.05) is 0 Å². The van der Waals surface area contributed by atoms with Crippen LogP contribution in [-0.4, -0.2) is 34.4 Å². The largest absolute Gasteiger partial charge is 0.459 e. The van der Waals surface area contributed by atoms with Crippen molar-refractivity contribution in [3.8, 4) is 10.8 Å². The second kappa shape index (κ2) is 9.57. The third-order valence-corrected chi connectivity index (χ3v) is 5.22. The molecule has 2 atom stereocenters. The van der Waals surface area contributed by atoms with E-state index in [1.165, 1.54) is 11.3 Å². The molecule has 0 aromatic carbocycles. The SMILES string of the molecule is Cc1ccc(-c2nc(CC(=O)N3CCCCC3C(C)N)cs2)o1.Cl.Cl. The van der Waals surface area contributed by atoms with E-state index >= 15 is 0 Å². The lowest BCUT2D eigenvalue weighted by Crippen LogP contribution is -2.52. The van der Waals surface area contributed by atoms with E-state index in [2.05, 4.69) is 4.98 Å². The number of likely N-dealkylation sites (tertiary alicyclic amines) is 1. The molecule has 1 aliphatic heterocycles. The molecule has 0 bridgehead atoms. The number of amides is 1. The van der Waals surface area contributed by atoms with Crippen molar-refractivity contribution in [1.82, 2.24) is 9.88 Å². The number of furan rings is 1. The van der Waals surface area contributed by atoms with E-state index in [-0.39, 0.29) is 42.8 Å². The van der Waals surface area contributed by atoms with Gasteiger partial charge in [-0.25, -0.2) is 4.98 Å². The highest BCUT2D eigenvalue weighted by molar-refractivity contribution is 7.13. The fourth-order valence-corrected chi connectivity index (χ4v) is 3.90. The van der Waals surface area contributed by atoms with E-state index in [0.29, 0.717) is 6.42 Å². The fraction of sp³-hybridized carbons (Fsp3) is 0.529. The molecular weight excluding hydrogens is 381 g/mol. The molecule has 0 aliphatic carbocycles. The molecule has 25 heavy (non-hydrogen) atoms. The first-order valence-electron chi connectivity index (χ1n) is 8.11. The molecule has 3 heterocycles. The highest BCUT2D eigenvalue weighted by Crippen LogP contribution is 2.26. The number of hydrogen-bond donors (Lipinski definition) is 1. The number of rotatable bonds is 4. The summed E-state index contributed by atoms with van der Waals surface area (Å²) < 4.78 is 5.59. The zero-order valence-electron chi connectivity index (χ0n) is 14.4. The van der Waals surface area contributed by atoms with Crippen LogP contribution in [0.25, 0.3) is 10.8 Å². The number of nitrogens with zero attached hydrogens (tertiary/aromatic N) is 2. The Balaban J connectivity index is 0.00000156. The van der Waals surface area contributed by atoms with Crippen LogP contribution < -0.4 is 5.73 Å². The van der Waals surface area contributed by atoms with Crippen LogP contribution in [0.15, 0.2) is 21.9 Å². The predicted molar refractivity (Wildman–Crippen MR) is 106 cm³/mol. The Bertz CT molecular complexity index is 687. The van der Waals surface area contributed by atoms with Gasteiger partial charge in [-0.05, 0) is 45.2 Å². The number of thiazole rings is 1. The van der Waals surface area contributed by atoms with Crippen LogP contribution in [0.1, 0.15) is 37.6 Å². The van der Waals surface area contributed by atoms with Gasteiger partial charge in [-0.15, -0.1) is 36.2 Å². The van der Waals surface area contributed by atoms with Crippen molar-refractivity contribution in [2.75, 3.05) is 6.54 Å². The molecule has 2 unspecified atom stereocenters. The molecule has 5 nitrogen and oxygen atoms in total. The molecule has 2 aromatic rings. The molecular formula is C17H25Cl2N3O2S. The van der Waals surface area contributed by atoms with Gasteiger partial charge in [-0.2, -0.15) is 0 Å². The predicted octanol–water partition coefficient (Wildman–Crippen LogP) is 3.83. The van der Waals surface area contributed by atoms with E-state index < -0.39 is 0 Å². The Hall–Kier alpha value is -1.08. The summed E-state index contributed by atoms with van der Waals surface area (Å²) in [6, 6.07) is 4.00. The molecule has 140 valence electrons. The van der Waals surface area contributed by atoms with Crippen molar-refractivity contribution in [2.45, 2.75) is 51.6 Å². The molecule has 8 heteroatoms. The van der Waals surface area contributed by atoms with Crippen molar-refractivity contribution in [3.63, 3.8) is 0 Å². The standard InChI is InChI=1S/C17H23N3O2S.2ClH/c1-11-6-7-15(22-11)17-19-13(10-23-17)9-16(21)20-8-4-3-5-14(20)12(2)18;;/h6-7,10,12,14H,3-5,8-9,18H2,1-2H3;2*1H. The Morgan fingerprint density at radius 3 is 2.84 bits per heavy atom. The summed E-state index contributed by atoms with van der Waals surface area (Å²) in [6.45, 7) is 4.70. The topological polar surface area (TPSA) is 72.4 Å². The first kappa shape index (κ1) is 22.0. The summed E-state index contributed by atoms with van der Waals surface area (Å²) in [4.78, 5) is 19.1. The van der Waals surface area contributed by atoms with Gasteiger partial charge in [0.2, 0.25) is 5.91 Å². The lowest BCUT2D eigenvalue weighted by atomic mass is 9.96. The van der Waals surface area contributed by atoms with Crippen molar-refractivity contribution >= 4 is 42.1 Å². The lowest BCUT2D eigenvalue weighted by molar-refractivity contribution is -0.134. The van der Waals surface area contributed by atoms with E-state index in [1.807, 2.05) is 36.3 Å². The molecule has 2 N–H and O–H groups in total. The molecule has 1 fully saturated rings. The number of nitrogens with two attached hydrogens (primary N) is 1. The quantitative estimate of drug-likeness (QED) is 0.838. The number of piperidine rings is 1. The maximum Gasteiger partial charge on any atom is 0.228 e. The average molecular weight is 406 g/mol. The number of aromatic nitrogens is 1. The Morgan fingerprint density at radius 1 is 1.44 bits per heavy atom. The van der Waals surface area contributed by atoms with Crippen LogP contribution in [-0.2, 0) is 11.2 Å². The zero-order chi connectivity index (χ0) is 16.4. The van der Waals surface area contributed by atoms with Gasteiger partial charge in [-0.3, -0.25) is 4.79 Å². The van der Waals surface area contributed by atoms with Gasteiger partial charge in [0.05, 0.1) is 12.1 Å².